The first kappa shape index (κ1) is 26.6. The number of allylic oxidation sites excluding steroid dienone is 1. The van der Waals surface area contributed by atoms with Gasteiger partial charge < -0.3 is 0 Å². The molecule has 0 aromatic heterocycles. The van der Waals surface area contributed by atoms with Crippen LogP contribution in [0.4, 0.5) is 0 Å². The van der Waals surface area contributed by atoms with Crippen molar-refractivity contribution in [3.8, 4) is 0 Å². The monoisotopic (exact) mass is 318 g/mol. The van der Waals surface area contributed by atoms with Crippen LogP contribution >= 0.6 is 0 Å². The highest BCUT2D eigenvalue weighted by Crippen LogP contribution is 2.19. The van der Waals surface area contributed by atoms with Crippen LogP contribution in [0.1, 0.15) is 97.3 Å². The Morgan fingerprint density at radius 1 is 0.957 bits per heavy atom. The van der Waals surface area contributed by atoms with E-state index in [-0.39, 0.29) is 0 Å². The van der Waals surface area contributed by atoms with E-state index < -0.39 is 0 Å². The van der Waals surface area contributed by atoms with Gasteiger partial charge in [0.15, 0.2) is 0 Å². The third-order valence-electron chi connectivity index (χ3n) is 3.09. The van der Waals surface area contributed by atoms with Crippen LogP contribution in [-0.2, 0) is 0 Å². The van der Waals surface area contributed by atoms with E-state index in [1.807, 2.05) is 26.8 Å². The highest BCUT2D eigenvalue weighted by atomic mass is 14.0. The van der Waals surface area contributed by atoms with Gasteiger partial charge in [-0.3, -0.25) is 0 Å². The van der Waals surface area contributed by atoms with Crippen molar-refractivity contribution in [1.82, 2.24) is 0 Å². The van der Waals surface area contributed by atoms with Crippen LogP contribution in [0.15, 0.2) is 31.4 Å². The zero-order valence-corrected chi connectivity index (χ0v) is 17.3. The van der Waals surface area contributed by atoms with Crippen molar-refractivity contribution in [3.05, 3.63) is 48.0 Å². The van der Waals surface area contributed by atoms with Crippen molar-refractivity contribution < 1.29 is 0 Å². The predicted octanol–water partition coefficient (Wildman–Crippen LogP) is 8.70. The van der Waals surface area contributed by atoms with Crippen LogP contribution < -0.4 is 0 Å². The summed E-state index contributed by atoms with van der Waals surface area (Å²) in [7, 11) is 0. The maximum atomic E-state index is 3.92. The molecule has 134 valence electrons. The third-order valence-corrected chi connectivity index (χ3v) is 3.09. The minimum Gasteiger partial charge on any atom is -0.0984 e. The first-order chi connectivity index (χ1) is 11.0. The van der Waals surface area contributed by atoms with Gasteiger partial charge in [-0.15, -0.1) is 0 Å². The number of unbranched alkanes of at least 4 members (excludes halogenated alkanes) is 3. The number of aryl methyl sites for hydroxylation is 1. The van der Waals surface area contributed by atoms with Crippen LogP contribution in [0.5, 0.6) is 0 Å². The summed E-state index contributed by atoms with van der Waals surface area (Å²) >= 11 is 0. The fourth-order valence-corrected chi connectivity index (χ4v) is 1.59. The average molecular weight is 319 g/mol. The lowest BCUT2D eigenvalue weighted by Crippen LogP contribution is -1.85. The minimum absolute atomic E-state index is 1.09. The summed E-state index contributed by atoms with van der Waals surface area (Å²) in [6.45, 7) is 24.6. The van der Waals surface area contributed by atoms with Gasteiger partial charge in [-0.1, -0.05) is 122 Å². The number of hydrogen-bond donors (Lipinski definition) is 0. The molecule has 1 aromatic carbocycles. The highest BCUT2D eigenvalue weighted by molar-refractivity contribution is 5.71. The molecule has 0 radical (unpaired) electrons. The summed E-state index contributed by atoms with van der Waals surface area (Å²) in [5.74, 6) is 0. The van der Waals surface area contributed by atoms with Crippen molar-refractivity contribution in [2.24, 2.45) is 0 Å². The predicted molar refractivity (Wildman–Crippen MR) is 113 cm³/mol. The lowest BCUT2D eigenvalue weighted by molar-refractivity contribution is 0.772. The zero-order valence-electron chi connectivity index (χ0n) is 17.3. The Morgan fingerprint density at radius 3 is 1.70 bits per heavy atom. The molecule has 0 heterocycles. The van der Waals surface area contributed by atoms with Gasteiger partial charge in [0.25, 0.3) is 0 Å². The third kappa shape index (κ3) is 16.9. The smallest absolute Gasteiger partial charge is 0.0161 e. The molecule has 0 saturated heterocycles. The van der Waals surface area contributed by atoms with Gasteiger partial charge in [0, 0.05) is 0 Å². The van der Waals surface area contributed by atoms with E-state index in [1.54, 1.807) is 0 Å². The molecule has 0 bridgehead atoms. The molecule has 0 N–H and O–H groups in total. The Labute approximate surface area is 147 Å². The van der Waals surface area contributed by atoms with Gasteiger partial charge in [-0.25, -0.2) is 0 Å². The molecule has 0 spiro atoms. The van der Waals surface area contributed by atoms with E-state index in [0.29, 0.717) is 0 Å². The van der Waals surface area contributed by atoms with Crippen LogP contribution in [0.2, 0.25) is 0 Å². The van der Waals surface area contributed by atoms with E-state index in [1.165, 1.54) is 48.8 Å². The normalized spacial score (nSPS) is 8.35. The average Bonchev–Trinajstić information content (AvgIpc) is 2.57. The van der Waals surface area contributed by atoms with Crippen LogP contribution in [0.3, 0.4) is 0 Å². The highest BCUT2D eigenvalue weighted by Gasteiger charge is 1.98. The van der Waals surface area contributed by atoms with E-state index in [9.17, 15) is 0 Å². The molecule has 0 heteroatoms. The molecule has 0 saturated carbocycles. The molecule has 0 atom stereocenters. The molecule has 0 nitrogen and oxygen atoms in total. The van der Waals surface area contributed by atoms with E-state index >= 15 is 0 Å². The summed E-state index contributed by atoms with van der Waals surface area (Å²) in [5, 5.41) is 0. The Kier molecular flexibility index (Phi) is 23.9. The van der Waals surface area contributed by atoms with Gasteiger partial charge in [-0.05, 0) is 25.0 Å². The molecular weight excluding hydrogens is 276 g/mol. The van der Waals surface area contributed by atoms with Crippen LogP contribution in [0, 0.1) is 6.92 Å². The van der Waals surface area contributed by atoms with Crippen LogP contribution in [-0.4, -0.2) is 0 Å². The molecule has 0 amide bonds. The number of benzene rings is 1. The van der Waals surface area contributed by atoms with Crippen molar-refractivity contribution in [1.29, 1.82) is 0 Å². The SMILES string of the molecule is C=Cc1cc(C)ccc1C(=C)C.CC.CCCC.CCCCC. The molecule has 1 rings (SSSR count). The first-order valence-corrected chi connectivity index (χ1v) is 9.37. The lowest BCUT2D eigenvalue weighted by Gasteiger charge is -2.05. The standard InChI is InChI=1S/C12H14.C5H12.C4H10.C2H6/c1-5-11-8-10(4)6-7-12(11)9(2)3;1-3-5-4-2;1-3-4-2;1-2/h5-8H,1-2H2,3-4H3;3-5H2,1-2H3;3-4H2,1-2H3;1-2H3. The molecule has 0 aliphatic rings. The quantitative estimate of drug-likeness (QED) is 0.509. The van der Waals surface area contributed by atoms with Gasteiger partial charge >= 0.3 is 0 Å². The van der Waals surface area contributed by atoms with Crippen molar-refractivity contribution in [2.75, 3.05) is 0 Å². The van der Waals surface area contributed by atoms with Gasteiger partial charge in [0.1, 0.15) is 0 Å². The van der Waals surface area contributed by atoms with Crippen molar-refractivity contribution >= 4 is 11.6 Å². The largest absolute Gasteiger partial charge is 0.0984 e. The Bertz CT molecular complexity index is 381. The Balaban J connectivity index is -0.000000304. The maximum Gasteiger partial charge on any atom is -0.0161 e. The minimum atomic E-state index is 1.09. The first-order valence-electron chi connectivity index (χ1n) is 9.37. The second kappa shape index (κ2) is 20.7. The van der Waals surface area contributed by atoms with E-state index in [2.05, 4.69) is 66.0 Å². The number of rotatable bonds is 5. The molecule has 0 aliphatic carbocycles. The summed E-state index contributed by atoms with van der Waals surface area (Å²) in [6, 6.07) is 6.31. The Morgan fingerprint density at radius 2 is 1.43 bits per heavy atom. The van der Waals surface area contributed by atoms with Crippen molar-refractivity contribution in [2.45, 2.75) is 87.5 Å². The second-order valence-electron chi connectivity index (χ2n) is 5.43. The fourth-order valence-electron chi connectivity index (χ4n) is 1.59. The molecular formula is C23H42. The molecule has 0 fully saturated rings. The topological polar surface area (TPSA) is 0 Å². The van der Waals surface area contributed by atoms with Crippen LogP contribution in [0.25, 0.3) is 11.6 Å². The molecule has 0 unspecified atom stereocenters. The number of hydrogen-bond acceptors (Lipinski definition) is 0. The summed E-state index contributed by atoms with van der Waals surface area (Å²) in [6.07, 6.45) is 8.59. The van der Waals surface area contributed by atoms with Gasteiger partial charge in [-0.2, -0.15) is 0 Å². The molecule has 0 aliphatic heterocycles. The van der Waals surface area contributed by atoms with E-state index in [4.69, 9.17) is 0 Å². The Hall–Kier alpha value is -1.30. The molecule has 23 heavy (non-hydrogen) atoms. The van der Waals surface area contributed by atoms with Gasteiger partial charge in [0.2, 0.25) is 0 Å². The fraction of sp³-hybridized carbons (Fsp3) is 0.565. The lowest BCUT2D eigenvalue weighted by atomic mass is 10.00. The summed E-state index contributed by atoms with van der Waals surface area (Å²) in [5.41, 5.74) is 4.71. The van der Waals surface area contributed by atoms with Gasteiger partial charge in [0.05, 0.1) is 0 Å². The second-order valence-corrected chi connectivity index (χ2v) is 5.43. The molecule has 1 aromatic rings. The van der Waals surface area contributed by atoms with Crippen molar-refractivity contribution in [3.63, 3.8) is 0 Å². The maximum absolute atomic E-state index is 3.92. The zero-order chi connectivity index (χ0) is 18.7. The summed E-state index contributed by atoms with van der Waals surface area (Å²) < 4.78 is 0. The summed E-state index contributed by atoms with van der Waals surface area (Å²) in [4.78, 5) is 0. The van der Waals surface area contributed by atoms with E-state index in [0.717, 1.165) is 5.57 Å².